The molecule has 1 heterocycles. The molecule has 0 spiro atoms. The Bertz CT molecular complexity index is 798. The first-order valence-electron chi connectivity index (χ1n) is 8.91. The Morgan fingerprint density at radius 1 is 1.12 bits per heavy atom. The number of nitrogens with zero attached hydrogens (tertiary/aromatic N) is 1. The van der Waals surface area contributed by atoms with E-state index in [9.17, 15) is 9.59 Å². The number of amides is 2. The highest BCUT2D eigenvalue weighted by atomic mass is 35.5. The Kier molecular flexibility index (Phi) is 5.94. The maximum absolute atomic E-state index is 12.5. The predicted octanol–water partition coefficient (Wildman–Crippen LogP) is 4.07. The summed E-state index contributed by atoms with van der Waals surface area (Å²) in [4.78, 5) is 26.8. The van der Waals surface area contributed by atoms with Gasteiger partial charge in [0.05, 0.1) is 17.1 Å². The summed E-state index contributed by atoms with van der Waals surface area (Å²) in [6.07, 6.45) is 1.77. The molecule has 0 bridgehead atoms. The molecule has 1 aliphatic heterocycles. The van der Waals surface area contributed by atoms with Gasteiger partial charge in [-0.2, -0.15) is 0 Å². The second-order valence-corrected chi connectivity index (χ2v) is 7.20. The Hall–Kier alpha value is -2.33. The third-order valence-corrected chi connectivity index (χ3v) is 5.12. The molecule has 0 aliphatic carbocycles. The zero-order valence-corrected chi connectivity index (χ0v) is 15.6. The van der Waals surface area contributed by atoms with Crippen LogP contribution in [-0.4, -0.2) is 29.8 Å². The third-order valence-electron chi connectivity index (χ3n) is 4.79. The van der Waals surface area contributed by atoms with Crippen LogP contribution in [0.3, 0.4) is 0 Å². The number of hydrogen-bond acceptors (Lipinski definition) is 2. The second-order valence-electron chi connectivity index (χ2n) is 6.79. The highest BCUT2D eigenvalue weighted by Gasteiger charge is 2.27. The van der Waals surface area contributed by atoms with E-state index in [-0.39, 0.29) is 17.7 Å². The largest absolute Gasteiger partial charge is 0.342 e. The van der Waals surface area contributed by atoms with E-state index in [2.05, 4.69) is 5.32 Å². The van der Waals surface area contributed by atoms with Crippen molar-refractivity contribution >= 4 is 29.1 Å². The lowest BCUT2D eigenvalue weighted by molar-refractivity contribution is -0.133. The molecule has 2 aromatic carbocycles. The van der Waals surface area contributed by atoms with Crippen molar-refractivity contribution in [2.24, 2.45) is 5.92 Å². The van der Waals surface area contributed by atoms with Gasteiger partial charge >= 0.3 is 0 Å². The van der Waals surface area contributed by atoms with Crippen LogP contribution in [-0.2, 0) is 16.0 Å². The fourth-order valence-corrected chi connectivity index (χ4v) is 3.48. The first-order valence-corrected chi connectivity index (χ1v) is 9.29. The van der Waals surface area contributed by atoms with Gasteiger partial charge < -0.3 is 10.2 Å². The van der Waals surface area contributed by atoms with E-state index < -0.39 is 0 Å². The molecule has 1 aliphatic rings. The minimum absolute atomic E-state index is 0.0242. The summed E-state index contributed by atoms with van der Waals surface area (Å²) in [6.45, 7) is 3.26. The Morgan fingerprint density at radius 2 is 1.85 bits per heavy atom. The number of carbonyl (C=O) groups excluding carboxylic acids is 2. The van der Waals surface area contributed by atoms with Gasteiger partial charge in [0.25, 0.3) is 0 Å². The molecule has 1 N–H and O–H groups in total. The van der Waals surface area contributed by atoms with Crippen molar-refractivity contribution in [3.05, 3.63) is 64.7 Å². The fourth-order valence-electron chi connectivity index (χ4n) is 3.30. The number of rotatable bonds is 4. The highest BCUT2D eigenvalue weighted by molar-refractivity contribution is 6.33. The molecular weight excluding hydrogens is 348 g/mol. The van der Waals surface area contributed by atoms with Crippen molar-refractivity contribution < 1.29 is 9.59 Å². The number of aryl methyl sites for hydroxylation is 1. The average Bonchev–Trinajstić information content (AvgIpc) is 2.64. The van der Waals surface area contributed by atoms with Crippen molar-refractivity contribution in [1.82, 2.24) is 4.90 Å². The van der Waals surface area contributed by atoms with Gasteiger partial charge in [0.15, 0.2) is 0 Å². The predicted molar refractivity (Wildman–Crippen MR) is 104 cm³/mol. The number of benzene rings is 2. The van der Waals surface area contributed by atoms with Gasteiger partial charge in [-0.3, -0.25) is 9.59 Å². The third kappa shape index (κ3) is 4.64. The number of para-hydroxylation sites is 1. The molecule has 0 atom stereocenters. The fraction of sp³-hybridized carbons (Fsp3) is 0.333. The molecule has 1 saturated heterocycles. The maximum Gasteiger partial charge on any atom is 0.227 e. The zero-order valence-electron chi connectivity index (χ0n) is 14.9. The van der Waals surface area contributed by atoms with Crippen LogP contribution in [0.5, 0.6) is 0 Å². The normalized spacial score (nSPS) is 14.9. The summed E-state index contributed by atoms with van der Waals surface area (Å²) < 4.78 is 0. The average molecular weight is 371 g/mol. The van der Waals surface area contributed by atoms with Gasteiger partial charge in [0.1, 0.15) is 0 Å². The summed E-state index contributed by atoms with van der Waals surface area (Å²) in [7, 11) is 0. The number of likely N-dealkylation sites (tertiary alicyclic amines) is 1. The lowest BCUT2D eigenvalue weighted by Gasteiger charge is -2.31. The molecule has 2 aromatic rings. The lowest BCUT2D eigenvalue weighted by Crippen LogP contribution is -2.42. The molecule has 0 aromatic heterocycles. The first-order chi connectivity index (χ1) is 12.5. The summed E-state index contributed by atoms with van der Waals surface area (Å²) in [5.41, 5.74) is 2.83. The molecule has 26 heavy (non-hydrogen) atoms. The summed E-state index contributed by atoms with van der Waals surface area (Å²) in [5, 5.41) is 3.43. The number of hydrogen-bond donors (Lipinski definition) is 1. The number of nitrogens with one attached hydrogen (secondary N) is 1. The van der Waals surface area contributed by atoms with E-state index in [1.807, 2.05) is 48.2 Å². The topological polar surface area (TPSA) is 49.4 Å². The van der Waals surface area contributed by atoms with E-state index in [1.165, 1.54) is 0 Å². The summed E-state index contributed by atoms with van der Waals surface area (Å²) >= 11 is 6.09. The quantitative estimate of drug-likeness (QED) is 0.882. The van der Waals surface area contributed by atoms with Crippen molar-refractivity contribution in [1.29, 1.82) is 0 Å². The van der Waals surface area contributed by atoms with E-state index >= 15 is 0 Å². The molecule has 3 rings (SSSR count). The van der Waals surface area contributed by atoms with Crippen LogP contribution in [0.2, 0.25) is 5.02 Å². The van der Waals surface area contributed by atoms with E-state index in [4.69, 9.17) is 11.6 Å². The monoisotopic (exact) mass is 370 g/mol. The first kappa shape index (κ1) is 18.5. The van der Waals surface area contributed by atoms with E-state index in [0.717, 1.165) is 11.1 Å². The molecule has 0 saturated carbocycles. The van der Waals surface area contributed by atoms with Crippen LogP contribution in [0, 0.1) is 12.8 Å². The molecule has 5 heteroatoms. The standard InChI is InChI=1S/C21H23ClN2O2/c1-15-5-4-6-16(13-15)14-20(25)24-11-9-17(10-12-24)21(26)23-19-8-3-2-7-18(19)22/h2-8,13,17H,9-12,14H2,1H3,(H,23,26). The van der Waals surface area contributed by atoms with Gasteiger partial charge in [-0.1, -0.05) is 53.6 Å². The lowest BCUT2D eigenvalue weighted by atomic mass is 9.95. The van der Waals surface area contributed by atoms with Gasteiger partial charge in [-0.05, 0) is 37.5 Å². The molecule has 136 valence electrons. The van der Waals surface area contributed by atoms with Crippen LogP contribution < -0.4 is 5.32 Å². The number of halogens is 1. The minimum atomic E-state index is -0.0886. The highest BCUT2D eigenvalue weighted by Crippen LogP contribution is 2.24. The van der Waals surface area contributed by atoms with Gasteiger partial charge in [0.2, 0.25) is 11.8 Å². The van der Waals surface area contributed by atoms with Crippen LogP contribution >= 0.6 is 11.6 Å². The van der Waals surface area contributed by atoms with Crippen molar-refractivity contribution in [3.63, 3.8) is 0 Å². The molecule has 2 amide bonds. The summed E-state index contributed by atoms with van der Waals surface area (Å²) in [5.74, 6) is 0.0127. The van der Waals surface area contributed by atoms with E-state index in [0.29, 0.717) is 43.1 Å². The van der Waals surface area contributed by atoms with Gasteiger partial charge in [0, 0.05) is 19.0 Å². The molecule has 0 radical (unpaired) electrons. The van der Waals surface area contributed by atoms with Crippen LogP contribution in [0.1, 0.15) is 24.0 Å². The number of piperidine rings is 1. The Balaban J connectivity index is 1.51. The molecular formula is C21H23ClN2O2. The maximum atomic E-state index is 12.5. The smallest absolute Gasteiger partial charge is 0.227 e. The Labute approximate surface area is 159 Å². The number of carbonyl (C=O) groups is 2. The number of anilines is 1. The van der Waals surface area contributed by atoms with Crippen molar-refractivity contribution in [2.45, 2.75) is 26.2 Å². The molecule has 4 nitrogen and oxygen atoms in total. The van der Waals surface area contributed by atoms with Crippen LogP contribution in [0.4, 0.5) is 5.69 Å². The second kappa shape index (κ2) is 8.37. The van der Waals surface area contributed by atoms with Gasteiger partial charge in [-0.25, -0.2) is 0 Å². The summed E-state index contributed by atoms with van der Waals surface area (Å²) in [6, 6.07) is 15.2. The van der Waals surface area contributed by atoms with Crippen LogP contribution in [0.15, 0.2) is 48.5 Å². The molecule has 0 unspecified atom stereocenters. The SMILES string of the molecule is Cc1cccc(CC(=O)N2CCC(C(=O)Nc3ccccc3Cl)CC2)c1. The zero-order chi connectivity index (χ0) is 18.5. The minimum Gasteiger partial charge on any atom is -0.342 e. The van der Waals surface area contributed by atoms with Gasteiger partial charge in [-0.15, -0.1) is 0 Å². The van der Waals surface area contributed by atoms with Crippen molar-refractivity contribution in [3.8, 4) is 0 Å². The molecule has 1 fully saturated rings. The Morgan fingerprint density at radius 3 is 2.54 bits per heavy atom. The van der Waals surface area contributed by atoms with Crippen LogP contribution in [0.25, 0.3) is 0 Å². The van der Waals surface area contributed by atoms with E-state index in [1.54, 1.807) is 12.1 Å². The van der Waals surface area contributed by atoms with Crippen molar-refractivity contribution in [2.75, 3.05) is 18.4 Å².